The van der Waals surface area contributed by atoms with Gasteiger partial charge < -0.3 is 8.92 Å². The molecule has 6 nitrogen and oxygen atoms in total. The molecule has 0 atom stereocenters. The van der Waals surface area contributed by atoms with Crippen LogP contribution in [-0.2, 0) is 10.1 Å². The number of halogens is 1. The maximum Gasteiger partial charge on any atom is 0.340 e. The fourth-order valence-corrected chi connectivity index (χ4v) is 2.24. The molecular formula is C12H11FN2O4S. The third-order valence-corrected chi connectivity index (χ3v) is 3.60. The highest BCUT2D eigenvalue weighted by molar-refractivity contribution is 7.87. The molecule has 106 valence electrons. The molecule has 0 N–H and O–H groups in total. The van der Waals surface area contributed by atoms with E-state index in [0.717, 1.165) is 11.8 Å². The first-order valence-electron chi connectivity index (χ1n) is 5.50. The molecule has 0 unspecified atom stereocenters. The summed E-state index contributed by atoms with van der Waals surface area (Å²) >= 11 is 0. The molecule has 20 heavy (non-hydrogen) atoms. The highest BCUT2D eigenvalue weighted by Crippen LogP contribution is 2.21. The average Bonchev–Trinajstić information content (AvgIpc) is 2.41. The van der Waals surface area contributed by atoms with Crippen molar-refractivity contribution >= 4 is 10.1 Å². The second kappa shape index (κ2) is 5.41. The average molecular weight is 298 g/mol. The summed E-state index contributed by atoms with van der Waals surface area (Å²) in [6.45, 7) is 1.81. The van der Waals surface area contributed by atoms with E-state index >= 15 is 0 Å². The Morgan fingerprint density at radius 2 is 1.85 bits per heavy atom. The first-order chi connectivity index (χ1) is 9.42. The van der Waals surface area contributed by atoms with Gasteiger partial charge in [-0.1, -0.05) is 17.7 Å². The van der Waals surface area contributed by atoms with E-state index in [1.807, 2.05) is 6.92 Å². The molecule has 0 fully saturated rings. The van der Waals surface area contributed by atoms with Gasteiger partial charge in [0.05, 0.1) is 13.3 Å². The first-order valence-corrected chi connectivity index (χ1v) is 6.91. The summed E-state index contributed by atoms with van der Waals surface area (Å²) in [7, 11) is -2.89. The maximum atomic E-state index is 13.4. The summed E-state index contributed by atoms with van der Waals surface area (Å²) in [4.78, 5) is 6.90. The van der Waals surface area contributed by atoms with E-state index in [9.17, 15) is 12.8 Å². The number of rotatable bonds is 4. The van der Waals surface area contributed by atoms with Crippen molar-refractivity contribution in [2.45, 2.75) is 11.8 Å². The molecule has 0 aliphatic heterocycles. The van der Waals surface area contributed by atoms with E-state index in [1.54, 1.807) is 12.1 Å². The lowest BCUT2D eigenvalue weighted by Crippen LogP contribution is -2.12. The Balaban J connectivity index is 2.35. The normalized spacial score (nSPS) is 11.2. The first kappa shape index (κ1) is 14.2. The van der Waals surface area contributed by atoms with Gasteiger partial charge in [0.25, 0.3) is 5.88 Å². The second-order valence-corrected chi connectivity index (χ2v) is 5.41. The second-order valence-electron chi connectivity index (χ2n) is 3.86. The number of nitrogens with zero attached hydrogens (tertiary/aromatic N) is 2. The van der Waals surface area contributed by atoms with Crippen molar-refractivity contribution < 1.29 is 21.7 Å². The molecule has 0 bridgehead atoms. The molecule has 2 rings (SSSR count). The quantitative estimate of drug-likeness (QED) is 0.799. The van der Waals surface area contributed by atoms with Crippen molar-refractivity contribution in [2.75, 3.05) is 7.11 Å². The molecule has 0 saturated heterocycles. The molecule has 1 aromatic carbocycles. The van der Waals surface area contributed by atoms with Crippen molar-refractivity contribution in [1.29, 1.82) is 0 Å². The number of hydrogen-bond donors (Lipinski definition) is 0. The minimum atomic E-state index is -4.16. The largest absolute Gasteiger partial charge is 0.467 e. The molecule has 1 aromatic heterocycles. The van der Waals surface area contributed by atoms with Gasteiger partial charge >= 0.3 is 16.1 Å². The Hall–Kier alpha value is -2.22. The van der Waals surface area contributed by atoms with E-state index in [0.29, 0.717) is 0 Å². The minimum absolute atomic E-state index is 0.0971. The number of aromatic nitrogens is 2. The summed E-state index contributed by atoms with van der Waals surface area (Å²) in [5, 5.41) is 0. The topological polar surface area (TPSA) is 78.4 Å². The SMILES string of the molecule is COc1ncc(F)c(OS(=O)(=O)c2ccc(C)cc2)n1. The minimum Gasteiger partial charge on any atom is -0.467 e. The van der Waals surface area contributed by atoms with E-state index in [1.165, 1.54) is 19.2 Å². The van der Waals surface area contributed by atoms with Gasteiger partial charge in [-0.05, 0) is 19.1 Å². The molecule has 0 radical (unpaired) electrons. The lowest BCUT2D eigenvalue weighted by molar-refractivity contribution is 0.363. The molecule has 8 heteroatoms. The smallest absolute Gasteiger partial charge is 0.340 e. The zero-order chi connectivity index (χ0) is 14.8. The number of aryl methyl sites for hydroxylation is 1. The Morgan fingerprint density at radius 1 is 1.20 bits per heavy atom. The maximum absolute atomic E-state index is 13.4. The highest BCUT2D eigenvalue weighted by Gasteiger charge is 2.20. The molecule has 0 aliphatic rings. The van der Waals surface area contributed by atoms with Gasteiger partial charge in [0.2, 0.25) is 5.82 Å². The van der Waals surface area contributed by atoms with Crippen molar-refractivity contribution in [3.8, 4) is 11.9 Å². The predicted octanol–water partition coefficient (Wildman–Crippen LogP) is 1.70. The fraction of sp³-hybridized carbons (Fsp3) is 0.167. The van der Waals surface area contributed by atoms with Gasteiger partial charge in [-0.2, -0.15) is 17.8 Å². The van der Waals surface area contributed by atoms with Crippen molar-refractivity contribution in [3.63, 3.8) is 0 Å². The molecular weight excluding hydrogens is 287 g/mol. The molecule has 1 heterocycles. The van der Waals surface area contributed by atoms with Gasteiger partial charge in [-0.15, -0.1) is 0 Å². The number of hydrogen-bond acceptors (Lipinski definition) is 6. The highest BCUT2D eigenvalue weighted by atomic mass is 32.2. The summed E-state index contributed by atoms with van der Waals surface area (Å²) in [6.07, 6.45) is 0.770. The van der Waals surface area contributed by atoms with Crippen LogP contribution in [0.15, 0.2) is 35.4 Å². The van der Waals surface area contributed by atoms with Crippen LogP contribution in [-0.4, -0.2) is 25.5 Å². The Morgan fingerprint density at radius 3 is 2.45 bits per heavy atom. The van der Waals surface area contributed by atoms with Crippen LogP contribution in [0.3, 0.4) is 0 Å². The lowest BCUT2D eigenvalue weighted by atomic mass is 10.2. The van der Waals surface area contributed by atoms with E-state index in [4.69, 9.17) is 0 Å². The van der Waals surface area contributed by atoms with Crippen LogP contribution in [0.1, 0.15) is 5.56 Å². The van der Waals surface area contributed by atoms with Crippen LogP contribution >= 0.6 is 0 Å². The fourth-order valence-electron chi connectivity index (χ4n) is 1.35. The van der Waals surface area contributed by atoms with Crippen LogP contribution in [0.5, 0.6) is 11.9 Å². The van der Waals surface area contributed by atoms with Crippen LogP contribution in [0.4, 0.5) is 4.39 Å². The van der Waals surface area contributed by atoms with Gasteiger partial charge in [0, 0.05) is 0 Å². The zero-order valence-electron chi connectivity index (χ0n) is 10.7. The number of ether oxygens (including phenoxy) is 1. The van der Waals surface area contributed by atoms with Gasteiger partial charge in [-0.25, -0.2) is 4.98 Å². The number of methoxy groups -OCH3 is 1. The molecule has 0 amide bonds. The predicted molar refractivity (Wildman–Crippen MR) is 67.5 cm³/mol. The van der Waals surface area contributed by atoms with Gasteiger partial charge in [0.15, 0.2) is 0 Å². The monoisotopic (exact) mass is 298 g/mol. The van der Waals surface area contributed by atoms with Gasteiger partial charge in [0.1, 0.15) is 4.90 Å². The van der Waals surface area contributed by atoms with Crippen LogP contribution in [0.2, 0.25) is 0 Å². The molecule has 2 aromatic rings. The van der Waals surface area contributed by atoms with E-state index < -0.39 is 21.8 Å². The molecule has 0 saturated carbocycles. The Labute approximate surface area is 115 Å². The summed E-state index contributed by atoms with van der Waals surface area (Å²) in [5.74, 6) is -1.71. The Kier molecular flexibility index (Phi) is 3.84. The lowest BCUT2D eigenvalue weighted by Gasteiger charge is -2.07. The van der Waals surface area contributed by atoms with Crippen molar-refractivity contribution in [1.82, 2.24) is 9.97 Å². The summed E-state index contributed by atoms with van der Waals surface area (Å²) in [6, 6.07) is 5.74. The summed E-state index contributed by atoms with van der Waals surface area (Å²) < 4.78 is 46.7. The van der Waals surface area contributed by atoms with Crippen molar-refractivity contribution in [2.24, 2.45) is 0 Å². The van der Waals surface area contributed by atoms with Gasteiger partial charge in [-0.3, -0.25) is 0 Å². The molecule has 0 spiro atoms. The van der Waals surface area contributed by atoms with E-state index in [2.05, 4.69) is 18.9 Å². The van der Waals surface area contributed by atoms with Crippen LogP contribution < -0.4 is 8.92 Å². The molecule has 0 aliphatic carbocycles. The Bertz CT molecular complexity index is 717. The van der Waals surface area contributed by atoms with Crippen LogP contribution in [0, 0.1) is 12.7 Å². The van der Waals surface area contributed by atoms with E-state index in [-0.39, 0.29) is 10.9 Å². The summed E-state index contributed by atoms with van der Waals surface area (Å²) in [5.41, 5.74) is 0.888. The number of benzene rings is 1. The van der Waals surface area contributed by atoms with Crippen LogP contribution in [0.25, 0.3) is 0 Å². The zero-order valence-corrected chi connectivity index (χ0v) is 11.5. The van der Waals surface area contributed by atoms with Crippen molar-refractivity contribution in [3.05, 3.63) is 41.8 Å². The third-order valence-electron chi connectivity index (χ3n) is 2.37. The standard InChI is InChI=1S/C12H11FN2O4S/c1-8-3-5-9(6-4-8)20(16,17)19-11-10(13)7-14-12(15-11)18-2/h3-7H,1-2H3. The third kappa shape index (κ3) is 3.02.